The molecule has 2 heterocycles. The van der Waals surface area contributed by atoms with E-state index >= 15 is 0 Å². The summed E-state index contributed by atoms with van der Waals surface area (Å²) in [5, 5.41) is 2.82. The van der Waals surface area contributed by atoms with Gasteiger partial charge >= 0.3 is 6.18 Å². The van der Waals surface area contributed by atoms with E-state index in [0.717, 1.165) is 33.3 Å². The van der Waals surface area contributed by atoms with E-state index in [-0.39, 0.29) is 6.04 Å². The molecule has 8 heteroatoms. The van der Waals surface area contributed by atoms with Crippen LogP contribution in [0.2, 0.25) is 0 Å². The number of thioether (sulfide) groups is 1. The number of amides is 1. The molecular formula is C17H15F3N2O2S. The number of carbonyl (C=O) groups excluding carboxylic acids is 1. The summed E-state index contributed by atoms with van der Waals surface area (Å²) in [6, 6.07) is 9.01. The second-order valence-electron chi connectivity index (χ2n) is 5.68. The summed E-state index contributed by atoms with van der Waals surface area (Å²) in [4.78, 5) is 25.1. The number of hydrogen-bond donors (Lipinski definition) is 1. The van der Waals surface area contributed by atoms with E-state index in [2.05, 4.69) is 5.32 Å². The van der Waals surface area contributed by atoms with Crippen LogP contribution in [0.3, 0.4) is 0 Å². The van der Waals surface area contributed by atoms with Crippen LogP contribution in [-0.2, 0) is 17.5 Å². The van der Waals surface area contributed by atoms with Crippen molar-refractivity contribution in [2.45, 2.75) is 30.1 Å². The first kappa shape index (κ1) is 17.6. The lowest BCUT2D eigenvalue weighted by Crippen LogP contribution is -2.36. The number of nitrogens with zero attached hydrogens (tertiary/aromatic N) is 1. The molecule has 0 spiro atoms. The van der Waals surface area contributed by atoms with Crippen molar-refractivity contribution in [1.82, 2.24) is 9.88 Å². The lowest BCUT2D eigenvalue weighted by molar-refractivity contribution is -0.138. The number of hydrogen-bond acceptors (Lipinski definition) is 3. The van der Waals surface area contributed by atoms with Crippen molar-refractivity contribution in [2.24, 2.45) is 0 Å². The Bertz CT molecular complexity index is 848. The molecule has 0 bridgehead atoms. The fraction of sp³-hybridized carbons (Fsp3) is 0.294. The quantitative estimate of drug-likeness (QED) is 0.905. The average Bonchev–Trinajstić information content (AvgIpc) is 2.56. The Kier molecular flexibility index (Phi) is 4.89. The molecule has 0 radical (unpaired) electrons. The fourth-order valence-electron chi connectivity index (χ4n) is 2.71. The highest BCUT2D eigenvalue weighted by molar-refractivity contribution is 7.99. The van der Waals surface area contributed by atoms with Crippen LogP contribution < -0.4 is 10.9 Å². The minimum absolute atomic E-state index is 0.202. The van der Waals surface area contributed by atoms with E-state index in [9.17, 15) is 22.8 Å². The third-order valence-corrected chi connectivity index (χ3v) is 5.04. The molecule has 0 aliphatic carbocycles. The summed E-state index contributed by atoms with van der Waals surface area (Å²) < 4.78 is 39.0. The normalized spacial score (nSPS) is 17.0. The van der Waals surface area contributed by atoms with E-state index in [1.54, 1.807) is 11.8 Å². The second-order valence-corrected chi connectivity index (χ2v) is 6.81. The molecule has 0 saturated heterocycles. The number of alkyl halides is 3. The molecule has 1 atom stereocenters. The molecule has 0 fully saturated rings. The molecule has 0 saturated carbocycles. The highest BCUT2D eigenvalue weighted by Crippen LogP contribution is 2.35. The topological polar surface area (TPSA) is 51.1 Å². The van der Waals surface area contributed by atoms with Gasteiger partial charge in [0.15, 0.2) is 0 Å². The standard InChI is InChI=1S/C17H15F3N2O2S/c18-17(19,20)11-5-6-16(24)22(9-11)10-15(23)21-13-7-8-25-14-4-2-1-3-12(13)14/h1-6,9,13H,7-8,10H2,(H,21,23)/t13-/m0/s1. The van der Waals surface area contributed by atoms with Crippen LogP contribution in [0.5, 0.6) is 0 Å². The fourth-order valence-corrected chi connectivity index (χ4v) is 3.83. The van der Waals surface area contributed by atoms with Gasteiger partial charge < -0.3 is 9.88 Å². The van der Waals surface area contributed by atoms with Gasteiger partial charge in [-0.1, -0.05) is 18.2 Å². The van der Waals surface area contributed by atoms with Gasteiger partial charge in [0.05, 0.1) is 11.6 Å². The summed E-state index contributed by atoms with van der Waals surface area (Å²) >= 11 is 1.70. The molecule has 1 amide bonds. The molecule has 1 aliphatic rings. The third kappa shape index (κ3) is 4.07. The van der Waals surface area contributed by atoms with Crippen LogP contribution in [0.25, 0.3) is 0 Å². The summed E-state index contributed by atoms with van der Waals surface area (Å²) in [6.07, 6.45) is -3.16. The van der Waals surface area contributed by atoms with Gasteiger partial charge in [0.25, 0.3) is 5.56 Å². The molecule has 0 unspecified atom stereocenters. The molecule has 2 aromatic rings. The van der Waals surface area contributed by atoms with Crippen LogP contribution >= 0.6 is 11.8 Å². The van der Waals surface area contributed by atoms with Crippen molar-refractivity contribution in [3.05, 3.63) is 64.1 Å². The summed E-state index contributed by atoms with van der Waals surface area (Å²) in [5.41, 5.74) is -0.620. The predicted octanol–water partition coefficient (Wildman–Crippen LogP) is 3.22. The maximum absolute atomic E-state index is 12.8. The van der Waals surface area contributed by atoms with Gasteiger partial charge in [0.2, 0.25) is 5.91 Å². The molecule has 1 N–H and O–H groups in total. The first-order valence-corrected chi connectivity index (χ1v) is 8.62. The molecule has 132 valence electrons. The van der Waals surface area contributed by atoms with Crippen LogP contribution in [0.1, 0.15) is 23.6 Å². The Hall–Kier alpha value is -2.22. The third-order valence-electron chi connectivity index (χ3n) is 3.92. The van der Waals surface area contributed by atoms with Gasteiger partial charge in [-0.3, -0.25) is 9.59 Å². The number of nitrogens with one attached hydrogen (secondary N) is 1. The van der Waals surface area contributed by atoms with Crippen molar-refractivity contribution >= 4 is 17.7 Å². The first-order chi connectivity index (χ1) is 11.8. The lowest BCUT2D eigenvalue weighted by Gasteiger charge is -2.26. The van der Waals surface area contributed by atoms with Gasteiger partial charge in [0.1, 0.15) is 6.54 Å². The molecule has 25 heavy (non-hydrogen) atoms. The highest BCUT2D eigenvalue weighted by atomic mass is 32.2. The summed E-state index contributed by atoms with van der Waals surface area (Å²) in [6.45, 7) is -0.450. The minimum Gasteiger partial charge on any atom is -0.348 e. The number of halogens is 3. The second kappa shape index (κ2) is 6.95. The average molecular weight is 368 g/mol. The number of fused-ring (bicyclic) bond motifs is 1. The van der Waals surface area contributed by atoms with Gasteiger partial charge in [-0.25, -0.2) is 0 Å². The van der Waals surface area contributed by atoms with Gasteiger partial charge in [0, 0.05) is 22.9 Å². The van der Waals surface area contributed by atoms with Crippen molar-refractivity contribution in [3.8, 4) is 0 Å². The van der Waals surface area contributed by atoms with Crippen molar-refractivity contribution in [2.75, 3.05) is 5.75 Å². The van der Waals surface area contributed by atoms with E-state index in [1.807, 2.05) is 24.3 Å². The number of carbonyl (C=O) groups is 1. The molecule has 1 aliphatic heterocycles. The summed E-state index contributed by atoms with van der Waals surface area (Å²) in [5.74, 6) is 0.346. The van der Waals surface area contributed by atoms with E-state index in [0.29, 0.717) is 12.3 Å². The maximum Gasteiger partial charge on any atom is 0.417 e. The number of rotatable bonds is 3. The molecule has 1 aromatic carbocycles. The lowest BCUT2D eigenvalue weighted by atomic mass is 10.0. The van der Waals surface area contributed by atoms with Crippen molar-refractivity contribution in [3.63, 3.8) is 0 Å². The largest absolute Gasteiger partial charge is 0.417 e. The zero-order valence-electron chi connectivity index (χ0n) is 13.0. The SMILES string of the molecule is O=C(Cn1cc(C(F)(F)F)ccc1=O)N[C@H]1CCSc2ccccc21. The molecule has 4 nitrogen and oxygen atoms in total. The molecular weight excluding hydrogens is 353 g/mol. The van der Waals surface area contributed by atoms with Crippen LogP contribution in [-0.4, -0.2) is 16.2 Å². The molecule has 1 aromatic heterocycles. The maximum atomic E-state index is 12.8. The summed E-state index contributed by atoms with van der Waals surface area (Å²) in [7, 11) is 0. The van der Waals surface area contributed by atoms with Gasteiger partial charge in [-0.05, 0) is 24.1 Å². The van der Waals surface area contributed by atoms with Gasteiger partial charge in [-0.2, -0.15) is 13.2 Å². The smallest absolute Gasteiger partial charge is 0.348 e. The number of benzene rings is 1. The Labute approximate surface area is 146 Å². The van der Waals surface area contributed by atoms with E-state index < -0.39 is 29.8 Å². The predicted molar refractivity (Wildman–Crippen MR) is 88.4 cm³/mol. The Morgan fingerprint density at radius 1 is 1.24 bits per heavy atom. The van der Waals surface area contributed by atoms with E-state index in [1.165, 1.54) is 0 Å². The van der Waals surface area contributed by atoms with Crippen molar-refractivity contribution < 1.29 is 18.0 Å². The Morgan fingerprint density at radius 2 is 2.00 bits per heavy atom. The zero-order chi connectivity index (χ0) is 18.0. The zero-order valence-corrected chi connectivity index (χ0v) is 13.9. The van der Waals surface area contributed by atoms with Crippen molar-refractivity contribution in [1.29, 1.82) is 0 Å². The Morgan fingerprint density at radius 3 is 2.76 bits per heavy atom. The van der Waals surface area contributed by atoms with Gasteiger partial charge in [-0.15, -0.1) is 11.8 Å². The molecule has 3 rings (SSSR count). The van der Waals surface area contributed by atoms with Crippen LogP contribution in [0.4, 0.5) is 13.2 Å². The van der Waals surface area contributed by atoms with Crippen LogP contribution in [0, 0.1) is 0 Å². The first-order valence-electron chi connectivity index (χ1n) is 7.63. The van der Waals surface area contributed by atoms with E-state index in [4.69, 9.17) is 0 Å². The minimum atomic E-state index is -4.56. The Balaban J connectivity index is 1.75. The monoisotopic (exact) mass is 368 g/mol. The van der Waals surface area contributed by atoms with Crippen LogP contribution in [0.15, 0.2) is 52.3 Å². The number of pyridine rings is 1. The highest BCUT2D eigenvalue weighted by Gasteiger charge is 2.31. The number of aromatic nitrogens is 1.